The van der Waals surface area contributed by atoms with Crippen LogP contribution in [0.4, 0.5) is 5.69 Å². The number of likely N-dealkylation sites (tertiary alicyclic amines) is 1. The van der Waals surface area contributed by atoms with Gasteiger partial charge in [-0.3, -0.25) is 14.8 Å². The smallest absolute Gasteiger partial charge is 0.238 e. The number of nitrogens with zero attached hydrogens (tertiary/aromatic N) is 2. The molecule has 0 radical (unpaired) electrons. The normalized spacial score (nSPS) is 15.9. The Bertz CT molecular complexity index is 671. The first kappa shape index (κ1) is 17.5. The second-order valence-corrected chi connectivity index (χ2v) is 6.70. The van der Waals surface area contributed by atoms with Gasteiger partial charge in [0.15, 0.2) is 0 Å². The number of nitrogens with one attached hydrogen (secondary N) is 2. The van der Waals surface area contributed by atoms with Crippen molar-refractivity contribution < 1.29 is 9.53 Å². The number of hydrogen-bond donors (Lipinski definition) is 2. The molecule has 0 spiro atoms. The van der Waals surface area contributed by atoms with E-state index in [1.807, 2.05) is 44.2 Å². The lowest BCUT2D eigenvalue weighted by atomic mass is 9.98. The van der Waals surface area contributed by atoms with Gasteiger partial charge in [-0.05, 0) is 57.8 Å². The number of hydrogen-bond acceptors (Lipinski definition) is 4. The van der Waals surface area contributed by atoms with Crippen molar-refractivity contribution in [2.24, 2.45) is 5.92 Å². The van der Waals surface area contributed by atoms with Crippen molar-refractivity contribution in [3.8, 4) is 5.75 Å². The number of aromatic nitrogens is 2. The second kappa shape index (κ2) is 8.16. The van der Waals surface area contributed by atoms with E-state index in [0.29, 0.717) is 12.5 Å². The number of para-hydroxylation sites is 1. The predicted octanol–water partition coefficient (Wildman–Crippen LogP) is 2.76. The van der Waals surface area contributed by atoms with Crippen molar-refractivity contribution in [3.63, 3.8) is 0 Å². The summed E-state index contributed by atoms with van der Waals surface area (Å²) in [6.07, 6.45) is 2.12. The van der Waals surface area contributed by atoms with E-state index in [2.05, 4.69) is 20.4 Å². The van der Waals surface area contributed by atoms with E-state index >= 15 is 0 Å². The van der Waals surface area contributed by atoms with Crippen molar-refractivity contribution >= 4 is 11.6 Å². The number of aromatic amines is 1. The minimum absolute atomic E-state index is 0.0200. The Morgan fingerprint density at radius 1 is 1.28 bits per heavy atom. The number of anilines is 1. The van der Waals surface area contributed by atoms with Crippen LogP contribution in [0.25, 0.3) is 0 Å². The van der Waals surface area contributed by atoms with Crippen LogP contribution in [-0.4, -0.2) is 47.2 Å². The highest BCUT2D eigenvalue weighted by atomic mass is 16.5. The van der Waals surface area contributed by atoms with Crippen LogP contribution in [0.15, 0.2) is 30.3 Å². The second-order valence-electron chi connectivity index (χ2n) is 6.70. The molecule has 1 saturated heterocycles. The van der Waals surface area contributed by atoms with E-state index in [0.717, 1.165) is 55.4 Å². The summed E-state index contributed by atoms with van der Waals surface area (Å²) in [7, 11) is 0. The molecule has 134 valence electrons. The van der Waals surface area contributed by atoms with E-state index < -0.39 is 0 Å². The molecule has 6 nitrogen and oxygen atoms in total. The summed E-state index contributed by atoms with van der Waals surface area (Å²) in [6, 6.07) is 9.93. The third-order valence-corrected chi connectivity index (χ3v) is 4.70. The monoisotopic (exact) mass is 342 g/mol. The highest BCUT2D eigenvalue weighted by molar-refractivity contribution is 5.93. The number of rotatable bonds is 6. The van der Waals surface area contributed by atoms with Crippen LogP contribution in [0.2, 0.25) is 0 Å². The Labute approximate surface area is 148 Å². The molecule has 1 aliphatic rings. The highest BCUT2D eigenvalue weighted by Crippen LogP contribution is 2.20. The van der Waals surface area contributed by atoms with E-state index in [1.54, 1.807) is 0 Å². The van der Waals surface area contributed by atoms with Gasteiger partial charge in [0.1, 0.15) is 5.75 Å². The molecule has 3 rings (SSSR count). The van der Waals surface area contributed by atoms with Gasteiger partial charge in [0.25, 0.3) is 0 Å². The average molecular weight is 342 g/mol. The number of carbonyl (C=O) groups is 1. The zero-order valence-corrected chi connectivity index (χ0v) is 14.9. The summed E-state index contributed by atoms with van der Waals surface area (Å²) in [4.78, 5) is 14.5. The van der Waals surface area contributed by atoms with Crippen LogP contribution < -0.4 is 10.1 Å². The molecule has 1 aliphatic heterocycles. The molecule has 0 atom stereocenters. The maximum atomic E-state index is 12.3. The molecule has 0 unspecified atom stereocenters. The van der Waals surface area contributed by atoms with Gasteiger partial charge >= 0.3 is 0 Å². The summed E-state index contributed by atoms with van der Waals surface area (Å²) < 4.78 is 5.85. The Hall–Kier alpha value is -2.34. The molecule has 2 aromatic rings. The molecule has 6 heteroatoms. The van der Waals surface area contributed by atoms with E-state index in [4.69, 9.17) is 4.74 Å². The van der Waals surface area contributed by atoms with Crippen LogP contribution in [0, 0.1) is 19.8 Å². The Balaban J connectivity index is 1.39. The Kier molecular flexibility index (Phi) is 5.71. The predicted molar refractivity (Wildman–Crippen MR) is 97.8 cm³/mol. The largest absolute Gasteiger partial charge is 0.493 e. The first-order valence-corrected chi connectivity index (χ1v) is 8.83. The van der Waals surface area contributed by atoms with Gasteiger partial charge < -0.3 is 10.1 Å². The molecule has 0 bridgehead atoms. The van der Waals surface area contributed by atoms with Gasteiger partial charge in [-0.25, -0.2) is 0 Å². The van der Waals surface area contributed by atoms with Crippen LogP contribution in [-0.2, 0) is 4.79 Å². The van der Waals surface area contributed by atoms with Crippen molar-refractivity contribution in [2.75, 3.05) is 31.6 Å². The van der Waals surface area contributed by atoms with Gasteiger partial charge in [-0.2, -0.15) is 5.10 Å². The molecule has 2 heterocycles. The summed E-state index contributed by atoms with van der Waals surface area (Å²) in [5, 5.41) is 9.96. The topological polar surface area (TPSA) is 70.2 Å². The number of amides is 1. The first-order chi connectivity index (χ1) is 12.1. The zero-order valence-electron chi connectivity index (χ0n) is 14.9. The molecule has 25 heavy (non-hydrogen) atoms. The standard InChI is InChI=1S/C19H26N4O2/c1-14-19(15(2)22-21-14)20-18(24)12-23-10-8-16(9-11-23)13-25-17-6-4-3-5-7-17/h3-7,16H,8-13H2,1-2H3,(H,20,24)(H,21,22). The number of piperidine rings is 1. The third kappa shape index (κ3) is 4.82. The highest BCUT2D eigenvalue weighted by Gasteiger charge is 2.22. The fraction of sp³-hybridized carbons (Fsp3) is 0.474. The van der Waals surface area contributed by atoms with Crippen molar-refractivity contribution in [1.82, 2.24) is 15.1 Å². The van der Waals surface area contributed by atoms with Crippen LogP contribution in [0.5, 0.6) is 5.75 Å². The molecule has 0 aliphatic carbocycles. The molecule has 0 saturated carbocycles. The molecular weight excluding hydrogens is 316 g/mol. The summed E-state index contributed by atoms with van der Waals surface area (Å²) >= 11 is 0. The van der Waals surface area contributed by atoms with Crippen LogP contribution in [0.3, 0.4) is 0 Å². The lowest BCUT2D eigenvalue weighted by molar-refractivity contribution is -0.117. The summed E-state index contributed by atoms with van der Waals surface area (Å²) in [5.74, 6) is 1.50. The molecule has 1 amide bonds. The molecule has 1 aromatic heterocycles. The maximum Gasteiger partial charge on any atom is 0.238 e. The number of H-pyrrole nitrogens is 1. The lowest BCUT2D eigenvalue weighted by Gasteiger charge is -2.31. The van der Waals surface area contributed by atoms with Gasteiger partial charge in [0, 0.05) is 0 Å². The quantitative estimate of drug-likeness (QED) is 0.847. The van der Waals surface area contributed by atoms with E-state index in [9.17, 15) is 4.79 Å². The van der Waals surface area contributed by atoms with Gasteiger partial charge in [-0.1, -0.05) is 18.2 Å². The number of ether oxygens (including phenoxy) is 1. The molecule has 1 fully saturated rings. The fourth-order valence-corrected chi connectivity index (χ4v) is 3.16. The third-order valence-electron chi connectivity index (χ3n) is 4.70. The number of carbonyl (C=O) groups excluding carboxylic acids is 1. The number of benzene rings is 1. The fourth-order valence-electron chi connectivity index (χ4n) is 3.16. The summed E-state index contributed by atoms with van der Waals surface area (Å²) in [6.45, 7) is 6.83. The maximum absolute atomic E-state index is 12.3. The molecular formula is C19H26N4O2. The van der Waals surface area contributed by atoms with Crippen molar-refractivity contribution in [2.45, 2.75) is 26.7 Å². The lowest BCUT2D eigenvalue weighted by Crippen LogP contribution is -2.40. The Morgan fingerprint density at radius 3 is 2.64 bits per heavy atom. The molecule has 1 aromatic carbocycles. The van der Waals surface area contributed by atoms with Crippen LogP contribution in [0.1, 0.15) is 24.2 Å². The minimum Gasteiger partial charge on any atom is -0.493 e. The van der Waals surface area contributed by atoms with E-state index in [1.165, 1.54) is 0 Å². The Morgan fingerprint density at radius 2 is 2.00 bits per heavy atom. The van der Waals surface area contributed by atoms with Crippen molar-refractivity contribution in [3.05, 3.63) is 41.7 Å². The average Bonchev–Trinajstić information content (AvgIpc) is 2.94. The minimum atomic E-state index is 0.0200. The van der Waals surface area contributed by atoms with Crippen molar-refractivity contribution in [1.29, 1.82) is 0 Å². The SMILES string of the molecule is Cc1n[nH]c(C)c1NC(=O)CN1CCC(COc2ccccc2)CC1. The molecule has 2 N–H and O–H groups in total. The van der Waals surface area contributed by atoms with Crippen LogP contribution >= 0.6 is 0 Å². The van der Waals surface area contributed by atoms with Gasteiger partial charge in [-0.15, -0.1) is 0 Å². The number of aryl methyl sites for hydroxylation is 2. The zero-order chi connectivity index (χ0) is 17.6. The van der Waals surface area contributed by atoms with Gasteiger partial charge in [0.2, 0.25) is 5.91 Å². The first-order valence-electron chi connectivity index (χ1n) is 8.83. The summed E-state index contributed by atoms with van der Waals surface area (Å²) in [5.41, 5.74) is 2.52. The van der Waals surface area contributed by atoms with Gasteiger partial charge in [0.05, 0.1) is 30.2 Å². The van der Waals surface area contributed by atoms with E-state index in [-0.39, 0.29) is 5.91 Å².